The smallest absolute Gasteiger partial charge is 0.477 e. The number of carbonyl (C=O) groups is 2. The summed E-state index contributed by atoms with van der Waals surface area (Å²) in [5.74, 6) is -0.947. The van der Waals surface area contributed by atoms with E-state index in [1.165, 1.54) is 0 Å². The Hall–Kier alpha value is -1.88. The molecule has 0 fully saturated rings. The Morgan fingerprint density at radius 1 is 0.889 bits per heavy atom. The van der Waals surface area contributed by atoms with E-state index in [0.29, 0.717) is 13.1 Å². The van der Waals surface area contributed by atoms with E-state index >= 15 is 0 Å². The van der Waals surface area contributed by atoms with Crippen LogP contribution in [0.3, 0.4) is 0 Å². The maximum atomic E-state index is 13.0. The fourth-order valence-electron chi connectivity index (χ4n) is 3.31. The van der Waals surface area contributed by atoms with Gasteiger partial charge >= 0.3 is 12.1 Å². The molecule has 27 heavy (non-hydrogen) atoms. The summed E-state index contributed by atoms with van der Waals surface area (Å²) in [6.45, 7) is 5.32. The number of hydrogen-bond donors (Lipinski definition) is 1. The number of carbonyl (C=O) groups excluding carboxylic acids is 1. The molecule has 1 aromatic rings. The predicted molar refractivity (Wildman–Crippen MR) is 107 cm³/mol. The zero-order valence-electron chi connectivity index (χ0n) is 17.0. The lowest BCUT2D eigenvalue weighted by Crippen LogP contribution is -2.56. The van der Waals surface area contributed by atoms with Gasteiger partial charge in [0.1, 0.15) is 6.61 Å². The summed E-state index contributed by atoms with van der Waals surface area (Å²) in [6.07, 6.45) is 7.71. The lowest BCUT2D eigenvalue weighted by atomic mass is 10.1. The topological polar surface area (TPSA) is 63.6 Å². The van der Waals surface area contributed by atoms with Crippen molar-refractivity contribution < 1.29 is 23.9 Å². The molecule has 0 aliphatic heterocycles. The molecule has 0 saturated heterocycles. The van der Waals surface area contributed by atoms with Crippen molar-refractivity contribution in [3.63, 3.8) is 0 Å². The first-order chi connectivity index (χ1) is 13.0. The number of amides is 1. The minimum atomic E-state index is -0.947. The molecule has 0 spiro atoms. The Kier molecular flexibility index (Phi) is 11.4. The third-order valence-corrected chi connectivity index (χ3v) is 4.91. The number of ether oxygens (including phenoxy) is 1. The predicted octanol–water partition coefficient (Wildman–Crippen LogP) is 5.39. The van der Waals surface area contributed by atoms with E-state index in [2.05, 4.69) is 13.8 Å². The molecule has 0 saturated carbocycles. The molecule has 0 aliphatic carbocycles. The van der Waals surface area contributed by atoms with Crippen molar-refractivity contribution in [2.24, 2.45) is 0 Å². The zero-order chi connectivity index (χ0) is 20.0. The second-order valence-corrected chi connectivity index (χ2v) is 7.31. The van der Waals surface area contributed by atoms with E-state index in [0.717, 1.165) is 56.9 Å². The summed E-state index contributed by atoms with van der Waals surface area (Å²) < 4.78 is 5.48. The Morgan fingerprint density at radius 2 is 1.44 bits per heavy atom. The van der Waals surface area contributed by atoms with Crippen LogP contribution in [0.5, 0.6) is 0 Å². The fraction of sp³-hybridized carbons (Fsp3) is 0.636. The van der Waals surface area contributed by atoms with E-state index in [9.17, 15) is 14.7 Å². The van der Waals surface area contributed by atoms with Gasteiger partial charge in [-0.3, -0.25) is 0 Å². The SMILES string of the molecule is CCCCCC[N+](CCCCCC)(CC(=O)O)C(=O)OCc1ccccc1. The first-order valence-electron chi connectivity index (χ1n) is 10.3. The molecule has 0 heterocycles. The van der Waals surface area contributed by atoms with Gasteiger partial charge in [-0.2, -0.15) is 4.79 Å². The third-order valence-electron chi connectivity index (χ3n) is 4.91. The van der Waals surface area contributed by atoms with Crippen LogP contribution < -0.4 is 0 Å². The summed E-state index contributed by atoms with van der Waals surface area (Å²) in [5, 5.41) is 9.47. The van der Waals surface area contributed by atoms with Gasteiger partial charge in [0, 0.05) is 0 Å². The average Bonchev–Trinajstić information content (AvgIpc) is 2.66. The summed E-state index contributed by atoms with van der Waals surface area (Å²) in [4.78, 5) is 24.5. The van der Waals surface area contributed by atoms with Gasteiger partial charge < -0.3 is 9.84 Å². The van der Waals surface area contributed by atoms with E-state index in [1.54, 1.807) is 0 Å². The van der Waals surface area contributed by atoms with Gasteiger partial charge in [-0.05, 0) is 31.2 Å². The third kappa shape index (κ3) is 9.05. The Balaban J connectivity index is 2.83. The number of carboxylic acids is 1. The van der Waals surface area contributed by atoms with Crippen LogP contribution in [0.1, 0.15) is 70.8 Å². The molecule has 5 nitrogen and oxygen atoms in total. The van der Waals surface area contributed by atoms with Crippen molar-refractivity contribution in [1.29, 1.82) is 0 Å². The van der Waals surface area contributed by atoms with E-state index in [-0.39, 0.29) is 17.6 Å². The summed E-state index contributed by atoms with van der Waals surface area (Å²) >= 11 is 0. The van der Waals surface area contributed by atoms with Crippen LogP contribution in [-0.4, -0.2) is 41.3 Å². The Labute approximate surface area is 163 Å². The second-order valence-electron chi connectivity index (χ2n) is 7.31. The van der Waals surface area contributed by atoms with Crippen LogP contribution in [0.15, 0.2) is 30.3 Å². The number of quaternary nitrogens is 1. The molecule has 152 valence electrons. The molecule has 1 N–H and O–H groups in total. The molecule has 0 aliphatic rings. The monoisotopic (exact) mass is 378 g/mol. The lowest BCUT2D eigenvalue weighted by Gasteiger charge is -2.33. The molecular formula is C22H36NO4+. The van der Waals surface area contributed by atoms with Crippen LogP contribution in [-0.2, 0) is 16.1 Å². The van der Waals surface area contributed by atoms with Crippen molar-refractivity contribution >= 4 is 12.1 Å². The highest BCUT2D eigenvalue weighted by Gasteiger charge is 2.40. The maximum absolute atomic E-state index is 13.0. The van der Waals surface area contributed by atoms with Gasteiger partial charge in [0.05, 0.1) is 13.1 Å². The van der Waals surface area contributed by atoms with Crippen molar-refractivity contribution in [2.75, 3.05) is 19.6 Å². The minimum absolute atomic E-state index is 0.102. The molecule has 1 aromatic carbocycles. The molecule has 1 rings (SSSR count). The van der Waals surface area contributed by atoms with Crippen LogP contribution in [0.25, 0.3) is 0 Å². The maximum Gasteiger partial charge on any atom is 0.516 e. The van der Waals surface area contributed by atoms with Gasteiger partial charge in [0.25, 0.3) is 0 Å². The van der Waals surface area contributed by atoms with Crippen molar-refractivity contribution in [2.45, 2.75) is 71.8 Å². The zero-order valence-corrected chi connectivity index (χ0v) is 17.0. The highest BCUT2D eigenvalue weighted by Crippen LogP contribution is 2.18. The molecule has 5 heteroatoms. The molecule has 0 aromatic heterocycles. The van der Waals surface area contributed by atoms with Gasteiger partial charge in [0.2, 0.25) is 0 Å². The van der Waals surface area contributed by atoms with Crippen molar-refractivity contribution in [1.82, 2.24) is 0 Å². The number of hydrogen-bond acceptors (Lipinski definition) is 3. The quantitative estimate of drug-likeness (QED) is 0.348. The molecule has 1 amide bonds. The number of carboxylic acid groups (broad SMARTS) is 1. The first kappa shape index (κ1) is 23.2. The van der Waals surface area contributed by atoms with Crippen LogP contribution in [0.4, 0.5) is 4.79 Å². The number of nitrogens with zero attached hydrogens (tertiary/aromatic N) is 1. The number of rotatable bonds is 14. The van der Waals surface area contributed by atoms with Gasteiger partial charge in [-0.15, -0.1) is 0 Å². The lowest BCUT2D eigenvalue weighted by molar-refractivity contribution is -0.851. The number of aliphatic carboxylic acids is 1. The largest absolute Gasteiger partial charge is 0.516 e. The van der Waals surface area contributed by atoms with Gasteiger partial charge in [0.15, 0.2) is 6.54 Å². The van der Waals surface area contributed by atoms with Gasteiger partial charge in [-0.1, -0.05) is 69.9 Å². The molecule has 0 radical (unpaired) electrons. The second kappa shape index (κ2) is 13.3. The van der Waals surface area contributed by atoms with E-state index in [4.69, 9.17) is 4.74 Å². The van der Waals surface area contributed by atoms with Gasteiger partial charge in [-0.25, -0.2) is 9.28 Å². The number of benzene rings is 1. The molecule has 0 bridgehead atoms. The van der Waals surface area contributed by atoms with Crippen LogP contribution >= 0.6 is 0 Å². The highest BCUT2D eigenvalue weighted by molar-refractivity contribution is 5.71. The molecule has 0 unspecified atom stereocenters. The van der Waals surface area contributed by atoms with Crippen molar-refractivity contribution in [3.05, 3.63) is 35.9 Å². The average molecular weight is 379 g/mol. The number of unbranched alkanes of at least 4 members (excludes halogenated alkanes) is 6. The van der Waals surface area contributed by atoms with E-state index < -0.39 is 12.1 Å². The molecule has 0 atom stereocenters. The van der Waals surface area contributed by atoms with Crippen molar-refractivity contribution in [3.8, 4) is 0 Å². The van der Waals surface area contributed by atoms with Crippen LogP contribution in [0, 0.1) is 0 Å². The fourth-order valence-corrected chi connectivity index (χ4v) is 3.31. The standard InChI is InChI=1S/C22H35NO4/c1-3-5-7-12-16-23(18-21(24)25,17-13-8-6-4-2)22(26)27-19-20-14-10-9-11-15-20/h9-11,14-15H,3-8,12-13,16-19H2,1-2H3/p+1. The Morgan fingerprint density at radius 3 is 1.93 bits per heavy atom. The first-order valence-corrected chi connectivity index (χ1v) is 10.3. The summed E-state index contributed by atoms with van der Waals surface area (Å²) in [7, 11) is 0. The normalized spacial score (nSPS) is 11.3. The Bertz CT molecular complexity index is 533. The highest BCUT2D eigenvalue weighted by atomic mass is 16.6. The summed E-state index contributed by atoms with van der Waals surface area (Å²) in [6, 6.07) is 9.52. The summed E-state index contributed by atoms with van der Waals surface area (Å²) in [5.41, 5.74) is 0.913. The van der Waals surface area contributed by atoms with E-state index in [1.807, 2.05) is 30.3 Å². The minimum Gasteiger partial charge on any atom is -0.477 e. The van der Waals surface area contributed by atoms with Crippen LogP contribution in [0.2, 0.25) is 0 Å². The molecular weight excluding hydrogens is 342 g/mol.